The minimum Gasteiger partial charge on any atom is -0.351 e. The van der Waals surface area contributed by atoms with Gasteiger partial charge in [0.05, 0.1) is 0 Å². The molecule has 6 heteroatoms. The first-order chi connectivity index (χ1) is 14.0. The molecular formula is C23H32N4O2. The Balaban J connectivity index is 1.48. The summed E-state index contributed by atoms with van der Waals surface area (Å²) in [4.78, 5) is 35.4. The predicted octanol–water partition coefficient (Wildman–Crippen LogP) is 3.35. The summed E-state index contributed by atoms with van der Waals surface area (Å²) in [6.07, 6.45) is 4.56. The third kappa shape index (κ3) is 4.32. The molecule has 4 rings (SSSR count). The van der Waals surface area contributed by atoms with E-state index in [1.807, 2.05) is 34.1 Å². The van der Waals surface area contributed by atoms with E-state index in [1.54, 1.807) is 0 Å². The largest absolute Gasteiger partial charge is 0.351 e. The van der Waals surface area contributed by atoms with Crippen molar-refractivity contribution in [2.75, 3.05) is 39.3 Å². The quantitative estimate of drug-likeness (QED) is 0.866. The van der Waals surface area contributed by atoms with Crippen LogP contribution >= 0.6 is 0 Å². The molecule has 6 nitrogen and oxygen atoms in total. The standard InChI is InChI=1S/C23H32N4O2/c1-17(2)25-11-13-27(14-12-25)22(28)18-7-8-20-19(15-18)16-21(24-20)23(29)26-9-5-3-4-6-10-26/h7-8,15-17,24H,3-6,9-14H2,1-2H3. The van der Waals surface area contributed by atoms with Crippen LogP contribution in [0.4, 0.5) is 0 Å². The molecule has 156 valence electrons. The fourth-order valence-corrected chi connectivity index (χ4v) is 4.45. The Morgan fingerprint density at radius 3 is 2.14 bits per heavy atom. The summed E-state index contributed by atoms with van der Waals surface area (Å²) in [5, 5.41) is 0.926. The Morgan fingerprint density at radius 2 is 1.48 bits per heavy atom. The molecular weight excluding hydrogens is 364 g/mol. The van der Waals surface area contributed by atoms with Crippen LogP contribution in [0.1, 0.15) is 60.4 Å². The number of fused-ring (bicyclic) bond motifs is 1. The number of hydrogen-bond acceptors (Lipinski definition) is 3. The lowest BCUT2D eigenvalue weighted by atomic mass is 10.1. The molecule has 0 atom stereocenters. The van der Waals surface area contributed by atoms with Gasteiger partial charge in [-0.15, -0.1) is 0 Å². The molecule has 2 saturated heterocycles. The number of piperazine rings is 1. The summed E-state index contributed by atoms with van der Waals surface area (Å²) >= 11 is 0. The molecule has 29 heavy (non-hydrogen) atoms. The summed E-state index contributed by atoms with van der Waals surface area (Å²) < 4.78 is 0. The minimum atomic E-state index is 0.0702. The van der Waals surface area contributed by atoms with Crippen molar-refractivity contribution >= 4 is 22.7 Å². The van der Waals surface area contributed by atoms with E-state index in [9.17, 15) is 9.59 Å². The zero-order valence-corrected chi connectivity index (χ0v) is 17.6. The smallest absolute Gasteiger partial charge is 0.270 e. The third-order valence-electron chi connectivity index (χ3n) is 6.32. The summed E-state index contributed by atoms with van der Waals surface area (Å²) in [5.74, 6) is 0.151. The van der Waals surface area contributed by atoms with Gasteiger partial charge in [-0.3, -0.25) is 14.5 Å². The fourth-order valence-electron chi connectivity index (χ4n) is 4.45. The lowest BCUT2D eigenvalue weighted by molar-refractivity contribution is 0.0595. The molecule has 3 heterocycles. The normalized spacial score (nSPS) is 19.0. The molecule has 2 amide bonds. The van der Waals surface area contributed by atoms with Crippen LogP contribution in [0.3, 0.4) is 0 Å². The number of carbonyl (C=O) groups excluding carboxylic acids is 2. The van der Waals surface area contributed by atoms with E-state index in [0.29, 0.717) is 17.3 Å². The van der Waals surface area contributed by atoms with Crippen molar-refractivity contribution in [3.05, 3.63) is 35.5 Å². The number of aromatic amines is 1. The molecule has 0 radical (unpaired) electrons. The molecule has 1 aromatic carbocycles. The highest BCUT2D eigenvalue weighted by molar-refractivity contribution is 6.01. The van der Waals surface area contributed by atoms with E-state index >= 15 is 0 Å². The second-order valence-electron chi connectivity index (χ2n) is 8.61. The van der Waals surface area contributed by atoms with Crippen LogP contribution < -0.4 is 0 Å². The summed E-state index contributed by atoms with van der Waals surface area (Å²) in [7, 11) is 0. The topological polar surface area (TPSA) is 59.7 Å². The maximum absolute atomic E-state index is 13.0. The number of benzene rings is 1. The van der Waals surface area contributed by atoms with Crippen molar-refractivity contribution in [2.45, 2.75) is 45.6 Å². The van der Waals surface area contributed by atoms with Gasteiger partial charge >= 0.3 is 0 Å². The van der Waals surface area contributed by atoms with E-state index < -0.39 is 0 Å². The Kier molecular flexibility index (Phi) is 5.90. The van der Waals surface area contributed by atoms with Crippen LogP contribution in [0.2, 0.25) is 0 Å². The Morgan fingerprint density at radius 1 is 0.828 bits per heavy atom. The number of nitrogens with one attached hydrogen (secondary N) is 1. The van der Waals surface area contributed by atoms with Gasteiger partial charge in [-0.05, 0) is 51.0 Å². The van der Waals surface area contributed by atoms with E-state index in [-0.39, 0.29) is 11.8 Å². The number of aromatic nitrogens is 1. The highest BCUT2D eigenvalue weighted by atomic mass is 16.2. The van der Waals surface area contributed by atoms with E-state index in [2.05, 4.69) is 23.7 Å². The van der Waals surface area contributed by atoms with Crippen LogP contribution in [0.5, 0.6) is 0 Å². The highest BCUT2D eigenvalue weighted by Gasteiger charge is 2.24. The molecule has 0 unspecified atom stereocenters. The molecule has 1 N–H and O–H groups in total. The molecule has 2 fully saturated rings. The van der Waals surface area contributed by atoms with Crippen LogP contribution in [0, 0.1) is 0 Å². The van der Waals surface area contributed by atoms with Crippen LogP contribution in [-0.4, -0.2) is 76.8 Å². The first kappa shape index (κ1) is 20.0. The van der Waals surface area contributed by atoms with Crippen molar-refractivity contribution < 1.29 is 9.59 Å². The Labute approximate surface area is 172 Å². The van der Waals surface area contributed by atoms with Gasteiger partial charge in [0.2, 0.25) is 0 Å². The van der Waals surface area contributed by atoms with Crippen molar-refractivity contribution in [3.8, 4) is 0 Å². The van der Waals surface area contributed by atoms with Gasteiger partial charge in [0, 0.05) is 61.8 Å². The van der Waals surface area contributed by atoms with Gasteiger partial charge in [0.25, 0.3) is 11.8 Å². The monoisotopic (exact) mass is 396 g/mol. The van der Waals surface area contributed by atoms with E-state index in [4.69, 9.17) is 0 Å². The van der Waals surface area contributed by atoms with Crippen molar-refractivity contribution in [1.82, 2.24) is 19.7 Å². The lowest BCUT2D eigenvalue weighted by Gasteiger charge is -2.37. The molecule has 1 aromatic heterocycles. The first-order valence-electron chi connectivity index (χ1n) is 11.0. The third-order valence-corrected chi connectivity index (χ3v) is 6.32. The number of nitrogens with zero attached hydrogens (tertiary/aromatic N) is 3. The van der Waals surface area contributed by atoms with Crippen LogP contribution in [0.15, 0.2) is 24.3 Å². The van der Waals surface area contributed by atoms with Gasteiger partial charge in [-0.1, -0.05) is 12.8 Å². The predicted molar refractivity (Wildman–Crippen MR) is 115 cm³/mol. The van der Waals surface area contributed by atoms with Crippen molar-refractivity contribution in [3.63, 3.8) is 0 Å². The average molecular weight is 397 g/mol. The Hall–Kier alpha value is -2.34. The molecule has 2 aromatic rings. The summed E-state index contributed by atoms with van der Waals surface area (Å²) in [6.45, 7) is 9.43. The first-order valence-corrected chi connectivity index (χ1v) is 11.0. The highest BCUT2D eigenvalue weighted by Crippen LogP contribution is 2.21. The van der Waals surface area contributed by atoms with Gasteiger partial charge in [0.1, 0.15) is 5.69 Å². The SMILES string of the molecule is CC(C)N1CCN(C(=O)c2ccc3[nH]c(C(=O)N4CCCCCC4)cc3c2)CC1. The number of likely N-dealkylation sites (tertiary alicyclic amines) is 1. The zero-order valence-electron chi connectivity index (χ0n) is 17.6. The maximum Gasteiger partial charge on any atom is 0.270 e. The number of hydrogen-bond donors (Lipinski definition) is 1. The molecule has 2 aliphatic rings. The van der Waals surface area contributed by atoms with Crippen molar-refractivity contribution in [2.24, 2.45) is 0 Å². The van der Waals surface area contributed by atoms with Gasteiger partial charge < -0.3 is 14.8 Å². The van der Waals surface area contributed by atoms with E-state index in [0.717, 1.165) is 63.0 Å². The molecule has 0 bridgehead atoms. The molecule has 0 saturated carbocycles. The second-order valence-corrected chi connectivity index (χ2v) is 8.61. The second kappa shape index (κ2) is 8.57. The summed E-state index contributed by atoms with van der Waals surface area (Å²) in [5.41, 5.74) is 2.23. The molecule has 0 aliphatic carbocycles. The summed E-state index contributed by atoms with van der Waals surface area (Å²) in [6, 6.07) is 8.13. The van der Waals surface area contributed by atoms with Crippen LogP contribution in [0.25, 0.3) is 10.9 Å². The van der Waals surface area contributed by atoms with E-state index in [1.165, 1.54) is 12.8 Å². The Bertz CT molecular complexity index is 872. The molecule has 0 spiro atoms. The number of carbonyl (C=O) groups is 2. The molecule has 2 aliphatic heterocycles. The number of H-pyrrole nitrogens is 1. The van der Waals surface area contributed by atoms with Gasteiger partial charge in [0.15, 0.2) is 0 Å². The zero-order chi connectivity index (χ0) is 20.4. The average Bonchev–Trinajstić information content (AvgIpc) is 2.97. The van der Waals surface area contributed by atoms with Crippen LogP contribution in [-0.2, 0) is 0 Å². The fraction of sp³-hybridized carbons (Fsp3) is 0.565. The van der Waals surface area contributed by atoms with Gasteiger partial charge in [-0.2, -0.15) is 0 Å². The maximum atomic E-state index is 13.0. The minimum absolute atomic E-state index is 0.0702. The lowest BCUT2D eigenvalue weighted by Crippen LogP contribution is -2.50. The number of amides is 2. The van der Waals surface area contributed by atoms with Gasteiger partial charge in [-0.25, -0.2) is 0 Å². The van der Waals surface area contributed by atoms with Crippen molar-refractivity contribution in [1.29, 1.82) is 0 Å². The number of rotatable bonds is 3.